The van der Waals surface area contributed by atoms with Crippen LogP contribution in [0.25, 0.3) is 11.6 Å². The number of nitrogens with one attached hydrogen (secondary N) is 1. The molecule has 2 nitrogen and oxygen atoms in total. The van der Waals surface area contributed by atoms with Crippen molar-refractivity contribution in [3.63, 3.8) is 0 Å². The van der Waals surface area contributed by atoms with Gasteiger partial charge in [-0.1, -0.05) is 12.1 Å². The number of benzene rings is 2. The molecule has 0 unspecified atom stereocenters. The van der Waals surface area contributed by atoms with Crippen molar-refractivity contribution in [3.05, 3.63) is 65.0 Å². The van der Waals surface area contributed by atoms with Gasteiger partial charge in [0.1, 0.15) is 5.82 Å². The average Bonchev–Trinajstić information content (AvgIpc) is 2.75. The van der Waals surface area contributed by atoms with Crippen LogP contribution in [0.3, 0.4) is 0 Å². The smallest absolute Gasteiger partial charge is 0.321 e. The van der Waals surface area contributed by atoms with Crippen molar-refractivity contribution in [2.45, 2.75) is 6.18 Å². The molecule has 22 heavy (non-hydrogen) atoms. The van der Waals surface area contributed by atoms with Crippen LogP contribution in [-0.2, 0) is 11.0 Å². The van der Waals surface area contributed by atoms with Gasteiger partial charge in [-0.05, 0) is 42.0 Å². The Kier molecular flexibility index (Phi) is 3.24. The molecule has 112 valence electrons. The van der Waals surface area contributed by atoms with Gasteiger partial charge in [-0.25, -0.2) is 4.39 Å². The van der Waals surface area contributed by atoms with Crippen molar-refractivity contribution >= 4 is 23.2 Å². The number of carbonyl (C=O) groups is 1. The van der Waals surface area contributed by atoms with E-state index in [2.05, 4.69) is 5.32 Å². The van der Waals surface area contributed by atoms with E-state index >= 15 is 0 Å². The summed E-state index contributed by atoms with van der Waals surface area (Å²) in [7, 11) is 0. The predicted molar refractivity (Wildman–Crippen MR) is 74.3 cm³/mol. The Balaban J connectivity index is 1.99. The Bertz CT molecular complexity index is 776. The van der Waals surface area contributed by atoms with Crippen LogP contribution in [0.1, 0.15) is 16.7 Å². The predicted octanol–water partition coefficient (Wildman–Crippen LogP) is 4.34. The van der Waals surface area contributed by atoms with Crippen molar-refractivity contribution in [1.29, 1.82) is 0 Å². The van der Waals surface area contributed by atoms with Gasteiger partial charge in [0.25, 0.3) is 5.91 Å². The van der Waals surface area contributed by atoms with Crippen LogP contribution in [0.5, 0.6) is 0 Å². The molecule has 0 saturated heterocycles. The van der Waals surface area contributed by atoms with Gasteiger partial charge in [0.2, 0.25) is 0 Å². The lowest BCUT2D eigenvalue weighted by Gasteiger charge is -2.06. The Morgan fingerprint density at radius 2 is 1.68 bits per heavy atom. The molecule has 6 heteroatoms. The highest BCUT2D eigenvalue weighted by molar-refractivity contribution is 6.34. The van der Waals surface area contributed by atoms with Crippen LogP contribution in [-0.4, -0.2) is 5.91 Å². The topological polar surface area (TPSA) is 29.1 Å². The van der Waals surface area contributed by atoms with E-state index in [1.54, 1.807) is 0 Å². The van der Waals surface area contributed by atoms with Crippen LogP contribution in [0.4, 0.5) is 23.2 Å². The van der Waals surface area contributed by atoms with Gasteiger partial charge < -0.3 is 5.32 Å². The monoisotopic (exact) mass is 307 g/mol. The fourth-order valence-corrected chi connectivity index (χ4v) is 2.24. The molecule has 0 fully saturated rings. The first-order chi connectivity index (χ1) is 10.3. The second kappa shape index (κ2) is 4.98. The Morgan fingerprint density at radius 1 is 1.00 bits per heavy atom. The lowest BCUT2D eigenvalue weighted by atomic mass is 10.0. The van der Waals surface area contributed by atoms with E-state index in [9.17, 15) is 22.4 Å². The van der Waals surface area contributed by atoms with E-state index in [0.717, 1.165) is 12.1 Å². The number of amides is 1. The number of hydrogen-bond acceptors (Lipinski definition) is 1. The Labute approximate surface area is 123 Å². The van der Waals surface area contributed by atoms with Crippen LogP contribution in [0, 0.1) is 5.82 Å². The van der Waals surface area contributed by atoms with E-state index in [0.29, 0.717) is 16.8 Å². The molecule has 0 radical (unpaired) electrons. The number of carbonyl (C=O) groups excluding carboxylic acids is 1. The molecule has 1 amide bonds. The summed E-state index contributed by atoms with van der Waals surface area (Å²) in [4.78, 5) is 11.9. The van der Waals surface area contributed by atoms with Crippen molar-refractivity contribution in [2.75, 3.05) is 5.32 Å². The van der Waals surface area contributed by atoms with Gasteiger partial charge >= 0.3 is 6.18 Å². The standard InChI is InChI=1S/C16H9F4NO/c17-11-5-6-14-12(8-11)13(15(22)21-14)7-9-1-3-10(4-2-9)16(18,19)20/h1-8H,(H,21,22). The van der Waals surface area contributed by atoms with E-state index < -0.39 is 23.5 Å². The third-order valence-corrected chi connectivity index (χ3v) is 3.31. The molecular weight excluding hydrogens is 298 g/mol. The quantitative estimate of drug-likeness (QED) is 0.616. The Morgan fingerprint density at radius 3 is 2.32 bits per heavy atom. The molecule has 1 aliphatic rings. The minimum Gasteiger partial charge on any atom is -0.321 e. The van der Waals surface area contributed by atoms with Crippen molar-refractivity contribution in [3.8, 4) is 0 Å². The maximum absolute atomic E-state index is 13.3. The zero-order chi connectivity index (χ0) is 15.9. The molecule has 0 saturated carbocycles. The average molecular weight is 307 g/mol. The van der Waals surface area contributed by atoms with E-state index in [4.69, 9.17) is 0 Å². The lowest BCUT2D eigenvalue weighted by molar-refractivity contribution is -0.137. The zero-order valence-corrected chi connectivity index (χ0v) is 11.0. The molecule has 2 aromatic carbocycles. The first-order valence-corrected chi connectivity index (χ1v) is 6.35. The van der Waals surface area contributed by atoms with Gasteiger partial charge in [0, 0.05) is 16.8 Å². The number of rotatable bonds is 1. The molecule has 3 rings (SSSR count). The minimum atomic E-state index is -4.41. The van der Waals surface area contributed by atoms with Gasteiger partial charge in [-0.3, -0.25) is 4.79 Å². The first kappa shape index (κ1) is 14.3. The van der Waals surface area contributed by atoms with E-state index in [1.165, 1.54) is 36.4 Å². The molecule has 2 aromatic rings. The van der Waals surface area contributed by atoms with Gasteiger partial charge in [-0.2, -0.15) is 13.2 Å². The molecule has 0 aromatic heterocycles. The van der Waals surface area contributed by atoms with Gasteiger partial charge in [-0.15, -0.1) is 0 Å². The first-order valence-electron chi connectivity index (χ1n) is 6.35. The Hall–Kier alpha value is -2.63. The summed E-state index contributed by atoms with van der Waals surface area (Å²) in [5.74, 6) is -0.908. The fourth-order valence-electron chi connectivity index (χ4n) is 2.24. The number of hydrogen-bond donors (Lipinski definition) is 1. The molecule has 0 atom stereocenters. The van der Waals surface area contributed by atoms with Crippen LogP contribution >= 0.6 is 0 Å². The molecule has 0 bridgehead atoms. The van der Waals surface area contributed by atoms with Gasteiger partial charge in [0.05, 0.1) is 5.56 Å². The van der Waals surface area contributed by atoms with E-state index in [-0.39, 0.29) is 5.57 Å². The third kappa shape index (κ3) is 2.59. The SMILES string of the molecule is O=C1Nc2ccc(F)cc2C1=Cc1ccc(C(F)(F)F)cc1. The molecule has 0 aliphatic carbocycles. The summed E-state index contributed by atoms with van der Waals surface area (Å²) in [6.07, 6.45) is -2.98. The number of halogens is 4. The van der Waals surface area contributed by atoms with Gasteiger partial charge in [0.15, 0.2) is 0 Å². The normalized spacial score (nSPS) is 15.8. The van der Waals surface area contributed by atoms with E-state index in [1.807, 2.05) is 0 Å². The second-order valence-electron chi connectivity index (χ2n) is 4.82. The highest BCUT2D eigenvalue weighted by atomic mass is 19.4. The summed E-state index contributed by atoms with van der Waals surface area (Å²) in [6.45, 7) is 0. The van der Waals surface area contributed by atoms with Crippen molar-refractivity contribution in [2.24, 2.45) is 0 Å². The fraction of sp³-hybridized carbons (Fsp3) is 0.0625. The van der Waals surface area contributed by atoms with Crippen molar-refractivity contribution in [1.82, 2.24) is 0 Å². The molecule has 1 aliphatic heterocycles. The minimum absolute atomic E-state index is 0.217. The maximum atomic E-state index is 13.3. The number of anilines is 1. The zero-order valence-electron chi connectivity index (χ0n) is 11.0. The largest absolute Gasteiger partial charge is 0.416 e. The van der Waals surface area contributed by atoms with Crippen molar-refractivity contribution < 1.29 is 22.4 Å². The number of alkyl halides is 3. The maximum Gasteiger partial charge on any atom is 0.416 e. The summed E-state index contributed by atoms with van der Waals surface area (Å²) in [5, 5.41) is 2.58. The molecular formula is C16H9F4NO. The summed E-state index contributed by atoms with van der Waals surface area (Å²) in [5.41, 5.74) is 0.746. The van der Waals surface area contributed by atoms with Crippen LogP contribution in [0.15, 0.2) is 42.5 Å². The van der Waals surface area contributed by atoms with Crippen LogP contribution in [0.2, 0.25) is 0 Å². The summed E-state index contributed by atoms with van der Waals surface area (Å²) in [6, 6.07) is 8.28. The highest BCUT2D eigenvalue weighted by Gasteiger charge is 2.30. The third-order valence-electron chi connectivity index (χ3n) is 3.31. The summed E-state index contributed by atoms with van der Waals surface area (Å²) < 4.78 is 50.8. The molecule has 0 spiro atoms. The van der Waals surface area contributed by atoms with Crippen LogP contribution < -0.4 is 5.32 Å². The second-order valence-corrected chi connectivity index (χ2v) is 4.82. The molecule has 1 heterocycles. The lowest BCUT2D eigenvalue weighted by Crippen LogP contribution is -2.04. The summed E-state index contributed by atoms with van der Waals surface area (Å²) >= 11 is 0. The number of fused-ring (bicyclic) bond motifs is 1. The molecule has 1 N–H and O–H groups in total. The highest BCUT2D eigenvalue weighted by Crippen LogP contribution is 2.34.